The van der Waals surface area contributed by atoms with Gasteiger partial charge in [0.15, 0.2) is 0 Å². The molecule has 4 aromatic carbocycles. The van der Waals surface area contributed by atoms with Gasteiger partial charge in [-0.2, -0.15) is 25.4 Å². The van der Waals surface area contributed by atoms with E-state index in [1.807, 2.05) is 0 Å². The average molecular weight is 823 g/mol. The molecule has 0 aliphatic heterocycles. The number of azo groups is 2. The molecule has 1 aromatic heterocycles. The molecule has 0 spiro atoms. The number of hydrogen-bond donors (Lipinski definition) is 4. The third kappa shape index (κ3) is 13.2. The first-order valence-corrected chi connectivity index (χ1v) is 18.7. The summed E-state index contributed by atoms with van der Waals surface area (Å²) in [6.45, 7) is -0.303. The monoisotopic (exact) mass is 822 g/mol. The minimum atomic E-state index is -4.68. The van der Waals surface area contributed by atoms with E-state index < -0.39 is 30.0 Å². The number of anilines is 1. The van der Waals surface area contributed by atoms with Crippen molar-refractivity contribution in [3.05, 3.63) is 96.2 Å². The van der Waals surface area contributed by atoms with Crippen molar-refractivity contribution in [1.82, 2.24) is 15.0 Å². The largest absolute Gasteiger partial charge is 1.00 e. The van der Waals surface area contributed by atoms with Crippen LogP contribution in [0.3, 0.4) is 0 Å². The molecule has 0 atom stereocenters. The Morgan fingerprint density at radius 1 is 0.667 bits per heavy atom. The molecule has 0 unspecified atom stereocenters. The topological polar surface area (TPSA) is 295 Å². The fraction of sp³-hybridized carbons (Fsp3) is 0.182. The van der Waals surface area contributed by atoms with Crippen LogP contribution in [0, 0.1) is 0 Å². The Morgan fingerprint density at radius 2 is 1.11 bits per heavy atom. The smallest absolute Gasteiger partial charge is 0.744 e. The third-order valence-electron chi connectivity index (χ3n) is 7.27. The second-order valence-electron chi connectivity index (χ2n) is 11.0. The molecule has 4 N–H and O–H groups in total. The number of nitrogens with zero attached hydrogens (tertiary/aromatic N) is 8. The zero-order chi connectivity index (χ0) is 39.6. The van der Waals surface area contributed by atoms with Gasteiger partial charge in [-0.05, 0) is 60.7 Å². The predicted molar refractivity (Wildman–Crippen MR) is 193 cm³/mol. The molecule has 0 fully saturated rings. The summed E-state index contributed by atoms with van der Waals surface area (Å²) in [6, 6.07) is 19.6. The van der Waals surface area contributed by atoms with Gasteiger partial charge >= 0.3 is 48.4 Å². The zero-order valence-corrected chi connectivity index (χ0v) is 34.6. The van der Waals surface area contributed by atoms with Gasteiger partial charge in [0.25, 0.3) is 0 Å². The summed E-state index contributed by atoms with van der Waals surface area (Å²) in [7, 11) is -6.53. The first-order valence-electron chi connectivity index (χ1n) is 15.9. The molecule has 288 valence electrons. The van der Waals surface area contributed by atoms with Gasteiger partial charge in [-0.25, -0.2) is 26.8 Å². The summed E-state index contributed by atoms with van der Waals surface area (Å²) in [5.41, 5.74) is 1.69. The minimum absolute atomic E-state index is 0. The molecule has 1 heterocycles. The van der Waals surface area contributed by atoms with E-state index >= 15 is 0 Å². The van der Waals surface area contributed by atoms with E-state index in [4.69, 9.17) is 9.47 Å². The molecule has 0 bridgehead atoms. The summed E-state index contributed by atoms with van der Waals surface area (Å²) in [5, 5.41) is 35.6. The first-order chi connectivity index (χ1) is 26.3. The Morgan fingerprint density at radius 3 is 1.53 bits per heavy atom. The van der Waals surface area contributed by atoms with Crippen LogP contribution in [-0.4, -0.2) is 91.6 Å². The first kappa shape index (κ1) is 46.8. The average Bonchev–Trinajstić information content (AvgIpc) is 3.16. The standard InChI is InChI=1S/C33H34N10O10S2.Li.Na/c1-52-29-19-23(41-39-21-5-3-7-25(17-21)54(46,47)48)9-11-27(29)34-31-36-32(38-33(37-31)43(13-15-44)14-16-45)35-28-12-10-24(20-30(28)53-2)42-40-22-6-4-8-26(18-22)55(49,50)51;;/h3-12,17-20,44-45H,13-16H2,1-2H3,(H,46,47,48)(H,49,50,51)(H2,34,35,36,37,38);;/q;2*+1/p-2. The number of aliphatic hydroxyl groups is 2. The molecule has 57 heavy (non-hydrogen) atoms. The van der Waals surface area contributed by atoms with Crippen molar-refractivity contribution in [2.45, 2.75) is 9.79 Å². The fourth-order valence-corrected chi connectivity index (χ4v) is 5.75. The van der Waals surface area contributed by atoms with Crippen LogP contribution in [0.4, 0.5) is 40.1 Å². The molecule has 5 aromatic rings. The fourth-order valence-electron chi connectivity index (χ4n) is 4.73. The number of aromatic nitrogens is 3. The number of rotatable bonds is 15. The maximum absolute atomic E-state index is 11.4. The third-order valence-corrected chi connectivity index (χ3v) is 8.93. The van der Waals surface area contributed by atoms with E-state index in [-0.39, 0.29) is 115 Å². The number of aliphatic hydroxyl groups excluding tert-OH is 2. The number of H-pyrrole nitrogens is 2. The van der Waals surface area contributed by atoms with E-state index in [1.54, 1.807) is 29.2 Å². The van der Waals surface area contributed by atoms with Crippen molar-refractivity contribution in [1.29, 1.82) is 0 Å². The Hall–Kier alpha value is -4.57. The van der Waals surface area contributed by atoms with Crippen LogP contribution in [0.1, 0.15) is 0 Å². The van der Waals surface area contributed by atoms with E-state index in [0.717, 1.165) is 24.3 Å². The molecule has 0 aliphatic rings. The molecule has 20 nitrogen and oxygen atoms in total. The summed E-state index contributed by atoms with van der Waals surface area (Å²) in [4.78, 5) is 20.4. The summed E-state index contributed by atoms with van der Waals surface area (Å²) in [5.74, 6) is 0.713. The maximum atomic E-state index is 11.4. The number of aromatic amines is 2. The van der Waals surface area contributed by atoms with Crippen LogP contribution < -0.4 is 74.0 Å². The summed E-state index contributed by atoms with van der Waals surface area (Å²) < 4.78 is 79.3. The van der Waals surface area contributed by atoms with Gasteiger partial charge in [0.05, 0.1) is 60.0 Å². The molecule has 24 heteroatoms. The van der Waals surface area contributed by atoms with Crippen molar-refractivity contribution < 1.29 is 94.0 Å². The van der Waals surface area contributed by atoms with Crippen molar-refractivity contribution in [2.75, 3.05) is 45.4 Å². The molecular formula is C33H32LiN10NaO10S2. The second kappa shape index (κ2) is 21.3. The maximum Gasteiger partial charge on any atom is 1.00 e. The SMILES string of the molecule is COc1cc(N=Nc2cccc(S(=O)(=O)[O-])c2)ccc1N=c1nc(N(CCO)CCO)[nH]c(=Nc2ccc(N=Nc3cccc(S(=O)(=O)[O-])c3)cc2OC)[nH]1.[Li+].[Na+]. The Kier molecular flexibility index (Phi) is 17.5. The quantitative estimate of drug-likeness (QED) is 0.0491. The summed E-state index contributed by atoms with van der Waals surface area (Å²) >= 11 is 0. The van der Waals surface area contributed by atoms with Gasteiger partial charge in [0.2, 0.25) is 17.2 Å². The van der Waals surface area contributed by atoms with E-state index in [1.165, 1.54) is 50.6 Å². The zero-order valence-electron chi connectivity index (χ0n) is 31.0. The molecule has 0 amide bonds. The van der Waals surface area contributed by atoms with Gasteiger partial charge in [-0.15, -0.1) is 0 Å². The van der Waals surface area contributed by atoms with Gasteiger partial charge in [-0.1, -0.05) is 12.1 Å². The van der Waals surface area contributed by atoms with Gasteiger partial charge in [-0.3, -0.25) is 9.97 Å². The number of hydrogen-bond acceptors (Lipinski definition) is 18. The number of methoxy groups -OCH3 is 2. The van der Waals surface area contributed by atoms with Gasteiger partial charge in [0.1, 0.15) is 43.1 Å². The van der Waals surface area contributed by atoms with Crippen LogP contribution in [0.5, 0.6) is 11.5 Å². The summed E-state index contributed by atoms with van der Waals surface area (Å²) in [6.07, 6.45) is 0. The Balaban J connectivity index is 0.00000435. The van der Waals surface area contributed by atoms with E-state index in [2.05, 4.69) is 45.4 Å². The molecular weight excluding hydrogens is 790 g/mol. The van der Waals surface area contributed by atoms with Gasteiger partial charge in [0, 0.05) is 25.2 Å². The number of ether oxygens (including phenoxy) is 2. The molecule has 5 rings (SSSR count). The van der Waals surface area contributed by atoms with Crippen LogP contribution in [0.2, 0.25) is 0 Å². The molecule has 0 saturated heterocycles. The molecule has 0 saturated carbocycles. The Bertz CT molecular complexity index is 2430. The van der Waals surface area contributed by atoms with Gasteiger partial charge < -0.3 is 33.7 Å². The van der Waals surface area contributed by atoms with Crippen molar-refractivity contribution >= 4 is 60.3 Å². The van der Waals surface area contributed by atoms with Crippen molar-refractivity contribution in [3.8, 4) is 11.5 Å². The van der Waals surface area contributed by atoms with Crippen LogP contribution in [0.15, 0.2) is 125 Å². The van der Waals surface area contributed by atoms with Crippen molar-refractivity contribution in [3.63, 3.8) is 0 Å². The number of nitrogens with one attached hydrogen (secondary N) is 2. The van der Waals surface area contributed by atoms with Crippen LogP contribution >= 0.6 is 0 Å². The van der Waals surface area contributed by atoms with Crippen molar-refractivity contribution in [2.24, 2.45) is 30.4 Å². The van der Waals surface area contributed by atoms with Crippen LogP contribution in [0.25, 0.3) is 0 Å². The van der Waals surface area contributed by atoms with E-state index in [9.17, 15) is 36.2 Å². The Labute approximate surface area is 360 Å². The van der Waals surface area contributed by atoms with Crippen LogP contribution in [-0.2, 0) is 20.2 Å². The normalized spacial score (nSPS) is 12.4. The van der Waals surface area contributed by atoms with E-state index in [0.29, 0.717) is 22.7 Å². The predicted octanol–water partition coefficient (Wildman–Crippen LogP) is -2.34. The molecule has 0 aliphatic carbocycles. The molecule has 0 radical (unpaired) electrons. The number of benzene rings is 4. The second-order valence-corrected chi connectivity index (χ2v) is 13.8. The minimum Gasteiger partial charge on any atom is -0.744 e.